The van der Waals surface area contributed by atoms with Crippen LogP contribution in [-0.4, -0.2) is 67.3 Å². The Morgan fingerprint density at radius 1 is 1.15 bits per heavy atom. The number of carbonyl (C=O) groups excluding carboxylic acids is 1. The third-order valence-electron chi connectivity index (χ3n) is 7.77. The molecule has 0 radical (unpaired) electrons. The minimum Gasteiger partial charge on any atom is -0.493 e. The van der Waals surface area contributed by atoms with Crippen molar-refractivity contribution in [3.8, 4) is 17.6 Å². The number of likely N-dealkylation sites (tertiary alicyclic amines) is 1. The predicted octanol–water partition coefficient (Wildman–Crippen LogP) is 5.08. The fourth-order valence-electron chi connectivity index (χ4n) is 5.63. The van der Waals surface area contributed by atoms with Gasteiger partial charge in [0.15, 0.2) is 11.5 Å². The summed E-state index contributed by atoms with van der Waals surface area (Å²) in [5.74, 6) is 0.297. The van der Waals surface area contributed by atoms with Gasteiger partial charge in [0.05, 0.1) is 30.6 Å². The number of nitrogens with zero attached hydrogens (tertiary/aromatic N) is 3. The maximum Gasteiger partial charge on any atom is 0.278 e. The van der Waals surface area contributed by atoms with Crippen molar-refractivity contribution in [2.45, 2.75) is 51.2 Å². The second kappa shape index (κ2) is 11.8. The van der Waals surface area contributed by atoms with E-state index in [9.17, 15) is 15.3 Å². The molecule has 5 rings (SSSR count). The van der Waals surface area contributed by atoms with Gasteiger partial charge >= 0.3 is 0 Å². The van der Waals surface area contributed by atoms with E-state index >= 15 is 0 Å². The molecule has 1 amide bonds. The lowest BCUT2D eigenvalue weighted by atomic mass is 9.85. The van der Waals surface area contributed by atoms with Crippen molar-refractivity contribution < 1.29 is 24.2 Å². The molecule has 2 bridgehead atoms. The monoisotopic (exact) mass is 556 g/mol. The van der Waals surface area contributed by atoms with Gasteiger partial charge in [0, 0.05) is 30.6 Å². The van der Waals surface area contributed by atoms with Crippen LogP contribution >= 0.6 is 0 Å². The summed E-state index contributed by atoms with van der Waals surface area (Å²) >= 11 is 0. The topological polar surface area (TPSA) is 116 Å². The van der Waals surface area contributed by atoms with Gasteiger partial charge in [-0.05, 0) is 53.5 Å². The van der Waals surface area contributed by atoms with Crippen LogP contribution in [0.5, 0.6) is 11.5 Å². The Kier molecular flexibility index (Phi) is 8.15. The highest BCUT2D eigenvalue weighted by atomic mass is 16.5. The number of methoxy groups -OCH3 is 1. The standard InChI is InChI=1S/C32H36N4O5/c1-32(2,3)21-15-20(17-33)30(39-4)27(16-21)34-31(37)29(35-38)26-11-12-28(25-8-6-5-7-24(25)26)40-14-13-36-18-22-9-10-23(19-36)41-22/h5-8,11-12,15-16,22-23,38H,9-10,13-14,18-19H2,1-4H3,(H,34,37)/b35-29-. The first-order valence-electron chi connectivity index (χ1n) is 13.9. The second-order valence-corrected chi connectivity index (χ2v) is 11.6. The molecule has 214 valence electrons. The first-order chi connectivity index (χ1) is 19.7. The molecular formula is C32H36N4O5. The van der Waals surface area contributed by atoms with Crippen molar-refractivity contribution >= 4 is 28.1 Å². The van der Waals surface area contributed by atoms with E-state index in [1.165, 1.54) is 7.11 Å². The smallest absolute Gasteiger partial charge is 0.278 e. The fourth-order valence-corrected chi connectivity index (χ4v) is 5.63. The number of benzene rings is 3. The van der Waals surface area contributed by atoms with Gasteiger partial charge in [0.1, 0.15) is 18.4 Å². The van der Waals surface area contributed by atoms with Crippen LogP contribution in [0, 0.1) is 11.3 Å². The molecule has 3 aromatic carbocycles. The van der Waals surface area contributed by atoms with Gasteiger partial charge in [-0.1, -0.05) is 50.2 Å². The van der Waals surface area contributed by atoms with Crippen molar-refractivity contribution in [3.05, 3.63) is 65.2 Å². The molecule has 2 atom stereocenters. The lowest BCUT2D eigenvalue weighted by molar-refractivity contribution is -0.110. The number of fused-ring (bicyclic) bond motifs is 3. The molecule has 2 saturated heterocycles. The Hall–Kier alpha value is -4.13. The average molecular weight is 557 g/mol. The number of rotatable bonds is 8. The zero-order valence-electron chi connectivity index (χ0n) is 23.9. The van der Waals surface area contributed by atoms with Crippen LogP contribution in [0.3, 0.4) is 0 Å². The number of amides is 1. The summed E-state index contributed by atoms with van der Waals surface area (Å²) in [4.78, 5) is 15.9. The summed E-state index contributed by atoms with van der Waals surface area (Å²) in [5, 5.41) is 27.4. The number of anilines is 1. The van der Waals surface area contributed by atoms with Gasteiger partial charge in [-0.15, -0.1) is 0 Å². The molecule has 41 heavy (non-hydrogen) atoms. The number of nitriles is 1. The number of hydrogen-bond acceptors (Lipinski definition) is 8. The molecule has 2 unspecified atom stereocenters. The number of carbonyl (C=O) groups is 1. The molecule has 3 aromatic rings. The largest absolute Gasteiger partial charge is 0.493 e. The Labute approximate surface area is 240 Å². The lowest BCUT2D eigenvalue weighted by Crippen LogP contribution is -2.44. The number of hydrogen-bond donors (Lipinski definition) is 2. The zero-order chi connectivity index (χ0) is 29.1. The molecule has 0 saturated carbocycles. The molecule has 9 nitrogen and oxygen atoms in total. The quantitative estimate of drug-likeness (QED) is 0.226. The molecule has 0 spiro atoms. The van der Waals surface area contributed by atoms with E-state index in [0.717, 1.165) is 43.4 Å². The van der Waals surface area contributed by atoms with Crippen LogP contribution in [0.2, 0.25) is 0 Å². The summed E-state index contributed by atoms with van der Waals surface area (Å²) < 4.78 is 17.6. The van der Waals surface area contributed by atoms with Crippen molar-refractivity contribution in [3.63, 3.8) is 0 Å². The van der Waals surface area contributed by atoms with E-state index in [4.69, 9.17) is 14.2 Å². The highest BCUT2D eigenvalue weighted by molar-refractivity contribution is 6.50. The molecule has 2 N–H and O–H groups in total. The number of oxime groups is 1. The van der Waals surface area contributed by atoms with E-state index in [1.54, 1.807) is 24.3 Å². The third-order valence-corrected chi connectivity index (χ3v) is 7.77. The number of morpholine rings is 1. The molecule has 0 aliphatic carbocycles. The summed E-state index contributed by atoms with van der Waals surface area (Å²) in [5.41, 5.74) is 1.48. The van der Waals surface area contributed by atoms with Gasteiger partial charge in [-0.25, -0.2) is 0 Å². The second-order valence-electron chi connectivity index (χ2n) is 11.6. The fraction of sp³-hybridized carbons (Fsp3) is 0.406. The highest BCUT2D eigenvalue weighted by Gasteiger charge is 2.33. The van der Waals surface area contributed by atoms with Gasteiger partial charge < -0.3 is 24.7 Å². The Balaban J connectivity index is 1.38. The Morgan fingerprint density at radius 2 is 1.85 bits per heavy atom. The zero-order valence-corrected chi connectivity index (χ0v) is 23.9. The van der Waals surface area contributed by atoms with Gasteiger partial charge in [0.25, 0.3) is 5.91 Å². The molecule has 0 aromatic heterocycles. The van der Waals surface area contributed by atoms with E-state index in [1.807, 2.05) is 45.0 Å². The molecule has 2 heterocycles. The van der Waals surface area contributed by atoms with E-state index in [-0.39, 0.29) is 16.9 Å². The minimum atomic E-state index is -0.637. The predicted molar refractivity (Wildman–Crippen MR) is 157 cm³/mol. The molecule has 2 aliphatic heterocycles. The van der Waals surface area contributed by atoms with Crippen LogP contribution in [0.25, 0.3) is 10.8 Å². The molecular weight excluding hydrogens is 520 g/mol. The van der Waals surface area contributed by atoms with E-state index in [0.29, 0.717) is 46.8 Å². The summed E-state index contributed by atoms with van der Waals surface area (Å²) in [6.07, 6.45) is 2.92. The van der Waals surface area contributed by atoms with Crippen molar-refractivity contribution in [2.75, 3.05) is 38.7 Å². The first kappa shape index (κ1) is 28.4. The lowest BCUT2D eigenvalue weighted by Gasteiger charge is -2.31. The molecule has 2 aliphatic rings. The van der Waals surface area contributed by atoms with Gasteiger partial charge in [-0.3, -0.25) is 9.69 Å². The Morgan fingerprint density at radius 3 is 2.49 bits per heavy atom. The summed E-state index contributed by atoms with van der Waals surface area (Å²) in [7, 11) is 1.44. The maximum absolute atomic E-state index is 13.5. The van der Waals surface area contributed by atoms with Crippen LogP contribution < -0.4 is 14.8 Å². The van der Waals surface area contributed by atoms with Crippen LogP contribution in [0.1, 0.15) is 50.3 Å². The van der Waals surface area contributed by atoms with Crippen molar-refractivity contribution in [2.24, 2.45) is 5.16 Å². The third kappa shape index (κ3) is 5.99. The highest BCUT2D eigenvalue weighted by Crippen LogP contribution is 2.36. The van der Waals surface area contributed by atoms with Crippen molar-refractivity contribution in [1.29, 1.82) is 5.26 Å². The Bertz CT molecular complexity index is 1510. The first-order valence-corrected chi connectivity index (χ1v) is 13.9. The summed E-state index contributed by atoms with van der Waals surface area (Å²) in [6.45, 7) is 9.25. The normalized spacial score (nSPS) is 19.1. The average Bonchev–Trinajstić information content (AvgIpc) is 3.30. The van der Waals surface area contributed by atoms with Gasteiger partial charge in [0.2, 0.25) is 0 Å². The minimum absolute atomic E-state index is 0.168. The number of nitrogens with one attached hydrogen (secondary N) is 1. The maximum atomic E-state index is 13.5. The van der Waals surface area contributed by atoms with E-state index in [2.05, 4.69) is 21.4 Å². The van der Waals surface area contributed by atoms with Crippen LogP contribution in [0.15, 0.2) is 53.7 Å². The van der Waals surface area contributed by atoms with Crippen molar-refractivity contribution in [1.82, 2.24) is 4.90 Å². The van der Waals surface area contributed by atoms with Crippen LogP contribution in [-0.2, 0) is 14.9 Å². The summed E-state index contributed by atoms with van der Waals surface area (Å²) in [6, 6.07) is 16.8. The van der Waals surface area contributed by atoms with Crippen LogP contribution in [0.4, 0.5) is 5.69 Å². The van der Waals surface area contributed by atoms with E-state index < -0.39 is 5.91 Å². The number of ether oxygens (including phenoxy) is 3. The molecule has 9 heteroatoms. The molecule has 2 fully saturated rings. The van der Waals surface area contributed by atoms with Gasteiger partial charge in [-0.2, -0.15) is 5.26 Å². The SMILES string of the molecule is COc1c(C#N)cc(C(C)(C)C)cc1NC(=O)/C(=N\O)c1ccc(OCCN2CC3CCC(C2)O3)c2ccccc12.